The van der Waals surface area contributed by atoms with Crippen LogP contribution in [0.25, 0.3) is 10.8 Å². The van der Waals surface area contributed by atoms with Crippen LogP contribution in [0.4, 0.5) is 0 Å². The predicted octanol–water partition coefficient (Wildman–Crippen LogP) is 2.80. The topological polar surface area (TPSA) is 102 Å². The number of hydrazine groups is 1. The first-order chi connectivity index (χ1) is 15.0. The van der Waals surface area contributed by atoms with Crippen molar-refractivity contribution < 1.29 is 14.3 Å². The number of benzene rings is 3. The van der Waals surface area contributed by atoms with Gasteiger partial charge in [0.2, 0.25) is 0 Å². The van der Waals surface area contributed by atoms with E-state index >= 15 is 0 Å². The highest BCUT2D eigenvalue weighted by atomic mass is 16.5. The van der Waals surface area contributed by atoms with Gasteiger partial charge in [0.25, 0.3) is 17.4 Å². The molecule has 8 nitrogen and oxygen atoms in total. The number of rotatable bonds is 4. The summed E-state index contributed by atoms with van der Waals surface area (Å²) in [5, 5.41) is 4.80. The van der Waals surface area contributed by atoms with Crippen LogP contribution < -0.4 is 21.1 Å². The second-order valence-electron chi connectivity index (χ2n) is 6.67. The number of carbonyl (C=O) groups excluding carboxylic acids is 2. The van der Waals surface area contributed by atoms with E-state index in [4.69, 9.17) is 4.74 Å². The molecule has 1 heterocycles. The average Bonchev–Trinajstić information content (AvgIpc) is 2.80. The van der Waals surface area contributed by atoms with Crippen LogP contribution in [0.2, 0.25) is 0 Å². The van der Waals surface area contributed by atoms with E-state index in [0.29, 0.717) is 27.8 Å². The number of nitrogens with one attached hydrogen (secondary N) is 2. The summed E-state index contributed by atoms with van der Waals surface area (Å²) in [6, 6.07) is 22.4. The minimum absolute atomic E-state index is 0.0270. The van der Waals surface area contributed by atoms with Crippen molar-refractivity contribution in [2.75, 3.05) is 0 Å². The first-order valence-corrected chi connectivity index (χ1v) is 9.42. The Hall–Kier alpha value is -4.46. The molecule has 0 radical (unpaired) electrons. The van der Waals surface area contributed by atoms with Crippen molar-refractivity contribution in [2.45, 2.75) is 0 Å². The molecule has 0 aliphatic carbocycles. The molecule has 2 amide bonds. The molecule has 0 spiro atoms. The van der Waals surface area contributed by atoms with Gasteiger partial charge in [0.15, 0.2) is 5.69 Å². The summed E-state index contributed by atoms with van der Waals surface area (Å²) in [6.45, 7) is 0. The molecule has 154 valence electrons. The molecule has 0 bridgehead atoms. The van der Waals surface area contributed by atoms with Crippen molar-refractivity contribution in [1.82, 2.24) is 20.6 Å². The van der Waals surface area contributed by atoms with Gasteiger partial charge in [-0.2, -0.15) is 5.10 Å². The predicted molar refractivity (Wildman–Crippen MR) is 115 cm³/mol. The van der Waals surface area contributed by atoms with Gasteiger partial charge in [-0.05, 0) is 36.4 Å². The highest BCUT2D eigenvalue weighted by molar-refractivity contribution is 6.06. The lowest BCUT2D eigenvalue weighted by Crippen LogP contribution is -2.42. The van der Waals surface area contributed by atoms with Crippen molar-refractivity contribution in [3.05, 3.63) is 100 Å². The van der Waals surface area contributed by atoms with Crippen LogP contribution >= 0.6 is 0 Å². The fraction of sp³-hybridized carbons (Fsp3) is 0.0435. The van der Waals surface area contributed by atoms with E-state index in [1.54, 1.807) is 60.7 Å². The number of carbonyl (C=O) groups is 2. The lowest BCUT2D eigenvalue weighted by molar-refractivity contribution is 0.0843. The molecular formula is C23H18N4O4. The van der Waals surface area contributed by atoms with Gasteiger partial charge in [0.1, 0.15) is 11.5 Å². The number of hydrogen-bond donors (Lipinski definition) is 2. The lowest BCUT2D eigenvalue weighted by Gasteiger charge is -2.11. The van der Waals surface area contributed by atoms with E-state index in [1.165, 1.54) is 7.05 Å². The fourth-order valence-electron chi connectivity index (χ4n) is 3.04. The third-order valence-electron chi connectivity index (χ3n) is 4.54. The zero-order chi connectivity index (χ0) is 21.8. The van der Waals surface area contributed by atoms with Crippen molar-refractivity contribution in [1.29, 1.82) is 0 Å². The van der Waals surface area contributed by atoms with Crippen molar-refractivity contribution in [3.63, 3.8) is 0 Å². The molecule has 0 atom stereocenters. The zero-order valence-corrected chi connectivity index (χ0v) is 16.5. The summed E-state index contributed by atoms with van der Waals surface area (Å²) in [5.41, 5.74) is 4.73. The van der Waals surface area contributed by atoms with E-state index in [-0.39, 0.29) is 11.3 Å². The Morgan fingerprint density at radius 2 is 1.45 bits per heavy atom. The molecule has 4 rings (SSSR count). The Morgan fingerprint density at radius 3 is 2.23 bits per heavy atom. The van der Waals surface area contributed by atoms with Gasteiger partial charge in [-0.1, -0.05) is 42.5 Å². The van der Waals surface area contributed by atoms with Crippen LogP contribution in [-0.2, 0) is 7.05 Å². The Bertz CT molecular complexity index is 1330. The lowest BCUT2D eigenvalue weighted by atomic mass is 10.1. The zero-order valence-electron chi connectivity index (χ0n) is 16.5. The monoisotopic (exact) mass is 414 g/mol. The van der Waals surface area contributed by atoms with Crippen LogP contribution in [0, 0.1) is 0 Å². The van der Waals surface area contributed by atoms with Crippen LogP contribution in [0.1, 0.15) is 20.8 Å². The van der Waals surface area contributed by atoms with Crippen molar-refractivity contribution in [2.24, 2.45) is 7.05 Å². The number of aryl methyl sites for hydroxylation is 1. The molecule has 1 aromatic heterocycles. The van der Waals surface area contributed by atoms with Crippen molar-refractivity contribution >= 4 is 22.6 Å². The number of aromatic nitrogens is 2. The smallest absolute Gasteiger partial charge is 0.290 e. The molecule has 2 N–H and O–H groups in total. The number of ether oxygens (including phenoxy) is 1. The van der Waals surface area contributed by atoms with Gasteiger partial charge in [-0.3, -0.25) is 25.2 Å². The molecular weight excluding hydrogens is 396 g/mol. The molecule has 0 saturated heterocycles. The quantitative estimate of drug-likeness (QED) is 0.500. The number of para-hydroxylation sites is 1. The van der Waals surface area contributed by atoms with Crippen LogP contribution in [0.15, 0.2) is 83.7 Å². The molecule has 0 fully saturated rings. The summed E-state index contributed by atoms with van der Waals surface area (Å²) < 4.78 is 6.81. The molecule has 3 aromatic carbocycles. The molecule has 0 aliphatic heterocycles. The summed E-state index contributed by atoms with van der Waals surface area (Å²) in [6.07, 6.45) is 0. The molecule has 31 heavy (non-hydrogen) atoms. The summed E-state index contributed by atoms with van der Waals surface area (Å²) in [4.78, 5) is 37.4. The van der Waals surface area contributed by atoms with Gasteiger partial charge in [0, 0.05) is 18.0 Å². The van der Waals surface area contributed by atoms with E-state index in [1.807, 2.05) is 18.2 Å². The van der Waals surface area contributed by atoms with E-state index in [2.05, 4.69) is 16.0 Å². The van der Waals surface area contributed by atoms with E-state index < -0.39 is 11.8 Å². The number of hydrogen-bond acceptors (Lipinski definition) is 5. The fourth-order valence-corrected chi connectivity index (χ4v) is 3.04. The van der Waals surface area contributed by atoms with Gasteiger partial charge in [-0.15, -0.1) is 0 Å². The largest absolute Gasteiger partial charge is 0.457 e. The molecule has 0 unspecified atom stereocenters. The Balaban J connectivity index is 1.49. The SMILES string of the molecule is Cn1nc(C(=O)NNC(=O)c2cccc(Oc3ccccc3)c2)c2ccccc2c1=O. The average molecular weight is 414 g/mol. The Labute approximate surface area is 177 Å². The highest BCUT2D eigenvalue weighted by Gasteiger charge is 2.16. The standard InChI is InChI=1S/C23H18N4O4/c1-27-23(30)19-13-6-5-12-18(19)20(26-27)22(29)25-24-21(28)15-8-7-11-17(14-15)31-16-9-3-2-4-10-16/h2-14H,1H3,(H,24,28)(H,25,29). The maximum Gasteiger partial charge on any atom is 0.290 e. The van der Waals surface area contributed by atoms with E-state index in [9.17, 15) is 14.4 Å². The van der Waals surface area contributed by atoms with Gasteiger partial charge >= 0.3 is 0 Å². The van der Waals surface area contributed by atoms with Crippen molar-refractivity contribution in [3.8, 4) is 11.5 Å². The molecule has 4 aromatic rings. The maximum absolute atomic E-state index is 12.6. The molecule has 0 aliphatic rings. The third-order valence-corrected chi connectivity index (χ3v) is 4.54. The third kappa shape index (κ3) is 4.27. The van der Waals surface area contributed by atoms with Crippen LogP contribution in [0.5, 0.6) is 11.5 Å². The number of fused-ring (bicyclic) bond motifs is 1. The Kier molecular flexibility index (Phi) is 5.44. The first-order valence-electron chi connectivity index (χ1n) is 9.42. The summed E-state index contributed by atoms with van der Waals surface area (Å²) >= 11 is 0. The highest BCUT2D eigenvalue weighted by Crippen LogP contribution is 2.21. The van der Waals surface area contributed by atoms with Gasteiger partial charge < -0.3 is 4.74 Å². The minimum Gasteiger partial charge on any atom is -0.457 e. The summed E-state index contributed by atoms with van der Waals surface area (Å²) in [7, 11) is 1.46. The molecule has 8 heteroatoms. The Morgan fingerprint density at radius 1 is 0.806 bits per heavy atom. The second-order valence-corrected chi connectivity index (χ2v) is 6.67. The second kappa shape index (κ2) is 8.50. The van der Waals surface area contributed by atoms with Gasteiger partial charge in [-0.25, -0.2) is 4.68 Å². The minimum atomic E-state index is -0.642. The maximum atomic E-state index is 12.6. The van der Waals surface area contributed by atoms with Crippen LogP contribution in [0.3, 0.4) is 0 Å². The summed E-state index contributed by atoms with van der Waals surface area (Å²) in [5.74, 6) is -0.0465. The first kappa shape index (κ1) is 19.8. The number of amides is 2. The van der Waals surface area contributed by atoms with E-state index in [0.717, 1.165) is 4.68 Å². The molecule has 0 saturated carbocycles. The normalized spacial score (nSPS) is 10.5. The van der Waals surface area contributed by atoms with Gasteiger partial charge in [0.05, 0.1) is 5.39 Å². The number of nitrogens with zero attached hydrogens (tertiary/aromatic N) is 2. The van der Waals surface area contributed by atoms with Crippen LogP contribution in [-0.4, -0.2) is 21.6 Å².